The molecule has 18 heavy (non-hydrogen) atoms. The summed E-state index contributed by atoms with van der Waals surface area (Å²) >= 11 is 0. The Morgan fingerprint density at radius 3 is 2.22 bits per heavy atom. The number of aliphatic hydroxyl groups excluding tert-OH is 1. The number of aliphatic carboxylic acids is 1. The Kier molecular flexibility index (Phi) is 5.15. The summed E-state index contributed by atoms with van der Waals surface area (Å²) in [5.74, 6) is -4.30. The van der Waals surface area contributed by atoms with Crippen LogP contribution in [-0.2, 0) is 4.79 Å². The largest absolute Gasteiger partial charge is 0.481 e. The number of rotatable bonds is 6. The average Bonchev–Trinajstić information content (AvgIpc) is 2.22. The van der Waals surface area contributed by atoms with E-state index in [1.807, 2.05) is 0 Å². The summed E-state index contributed by atoms with van der Waals surface area (Å²) in [6.07, 6.45) is -0.839. The van der Waals surface area contributed by atoms with E-state index in [1.165, 1.54) is 0 Å². The van der Waals surface area contributed by atoms with Crippen LogP contribution in [0.3, 0.4) is 0 Å². The number of benzene rings is 1. The summed E-state index contributed by atoms with van der Waals surface area (Å²) in [4.78, 5) is 10.2. The first-order valence-corrected chi connectivity index (χ1v) is 5.46. The smallest absolute Gasteiger partial charge is 0.303 e. The zero-order valence-corrected chi connectivity index (χ0v) is 9.50. The maximum absolute atomic E-state index is 13.3. The third kappa shape index (κ3) is 4.03. The lowest BCUT2D eigenvalue weighted by Gasteiger charge is -2.12. The second-order valence-electron chi connectivity index (χ2n) is 3.94. The number of carboxylic acid groups (broad SMARTS) is 1. The second-order valence-corrected chi connectivity index (χ2v) is 3.94. The molecule has 1 aromatic carbocycles. The summed E-state index contributed by atoms with van der Waals surface area (Å²) in [6, 6.07) is 0.998. The molecule has 3 nitrogen and oxygen atoms in total. The zero-order valence-electron chi connectivity index (χ0n) is 9.50. The van der Waals surface area contributed by atoms with E-state index >= 15 is 0 Å². The van der Waals surface area contributed by atoms with Crippen LogP contribution in [0.25, 0.3) is 0 Å². The molecule has 0 radical (unpaired) electrons. The van der Waals surface area contributed by atoms with Crippen LogP contribution in [0.15, 0.2) is 12.1 Å². The van der Waals surface area contributed by atoms with Gasteiger partial charge in [-0.2, -0.15) is 0 Å². The number of hydrogen-bond donors (Lipinski definition) is 2. The molecule has 0 aromatic heterocycles. The van der Waals surface area contributed by atoms with Crippen molar-refractivity contribution in [3.05, 3.63) is 35.1 Å². The summed E-state index contributed by atoms with van der Waals surface area (Å²) < 4.78 is 39.2. The van der Waals surface area contributed by atoms with Gasteiger partial charge in [0, 0.05) is 18.6 Å². The molecule has 100 valence electrons. The number of halogens is 3. The van der Waals surface area contributed by atoms with Crippen LogP contribution in [0.2, 0.25) is 0 Å². The van der Waals surface area contributed by atoms with Crippen LogP contribution in [-0.4, -0.2) is 16.2 Å². The Hall–Kier alpha value is -1.56. The monoisotopic (exact) mass is 262 g/mol. The fourth-order valence-corrected chi connectivity index (χ4v) is 1.63. The molecule has 0 fully saturated rings. The summed E-state index contributed by atoms with van der Waals surface area (Å²) in [5, 5.41) is 18.0. The third-order valence-corrected chi connectivity index (χ3v) is 2.50. The molecular weight excluding hydrogens is 249 g/mol. The summed E-state index contributed by atoms with van der Waals surface area (Å²) in [5.41, 5.74) is -0.577. The maximum atomic E-state index is 13.3. The number of aliphatic hydroxyl groups is 1. The lowest BCUT2D eigenvalue weighted by atomic mass is 10.0. The molecule has 0 amide bonds. The standard InChI is InChI=1S/C12H13F3O3/c13-7-5-8(14)12(9(15)6-7)10(16)3-1-2-4-11(17)18/h5-6,10,16H,1-4H2,(H,17,18). The Balaban J connectivity index is 2.61. The SMILES string of the molecule is O=C(O)CCCCC(O)c1c(F)cc(F)cc1F. The number of unbranched alkanes of at least 4 members (excludes halogenated alkanes) is 1. The van der Waals surface area contributed by atoms with Gasteiger partial charge in [0.05, 0.1) is 11.7 Å². The highest BCUT2D eigenvalue weighted by Crippen LogP contribution is 2.26. The minimum Gasteiger partial charge on any atom is -0.481 e. The van der Waals surface area contributed by atoms with Gasteiger partial charge in [-0.05, 0) is 19.3 Å². The number of carbonyl (C=O) groups is 1. The predicted octanol–water partition coefficient (Wildman–Crippen LogP) is 2.78. The molecule has 1 unspecified atom stereocenters. The van der Waals surface area contributed by atoms with Gasteiger partial charge in [0.15, 0.2) is 0 Å². The first-order chi connectivity index (χ1) is 8.41. The van der Waals surface area contributed by atoms with E-state index in [1.54, 1.807) is 0 Å². The molecule has 0 heterocycles. The lowest BCUT2D eigenvalue weighted by molar-refractivity contribution is -0.137. The van der Waals surface area contributed by atoms with Crippen molar-refractivity contribution in [3.8, 4) is 0 Å². The Morgan fingerprint density at radius 2 is 1.72 bits per heavy atom. The van der Waals surface area contributed by atoms with Crippen molar-refractivity contribution in [2.24, 2.45) is 0 Å². The van der Waals surface area contributed by atoms with Crippen LogP contribution in [0, 0.1) is 17.5 Å². The van der Waals surface area contributed by atoms with Gasteiger partial charge in [0.2, 0.25) is 0 Å². The van der Waals surface area contributed by atoms with Gasteiger partial charge in [-0.25, -0.2) is 13.2 Å². The van der Waals surface area contributed by atoms with Crippen molar-refractivity contribution in [2.45, 2.75) is 31.8 Å². The lowest BCUT2D eigenvalue weighted by Crippen LogP contribution is -2.05. The topological polar surface area (TPSA) is 57.5 Å². The van der Waals surface area contributed by atoms with Crippen LogP contribution in [0.1, 0.15) is 37.4 Å². The maximum Gasteiger partial charge on any atom is 0.303 e. The highest BCUT2D eigenvalue weighted by atomic mass is 19.1. The number of carboxylic acids is 1. The van der Waals surface area contributed by atoms with Gasteiger partial charge in [-0.3, -0.25) is 4.79 Å². The van der Waals surface area contributed by atoms with Crippen LogP contribution in [0.4, 0.5) is 13.2 Å². The van der Waals surface area contributed by atoms with Gasteiger partial charge in [0.1, 0.15) is 17.5 Å². The van der Waals surface area contributed by atoms with Gasteiger partial charge < -0.3 is 10.2 Å². The van der Waals surface area contributed by atoms with Crippen LogP contribution in [0.5, 0.6) is 0 Å². The van der Waals surface area contributed by atoms with Gasteiger partial charge in [0.25, 0.3) is 0 Å². The molecule has 0 saturated heterocycles. The molecule has 0 aliphatic carbocycles. The van der Waals surface area contributed by atoms with E-state index in [2.05, 4.69) is 0 Å². The van der Waals surface area contributed by atoms with Gasteiger partial charge in [-0.15, -0.1) is 0 Å². The minimum atomic E-state index is -1.40. The minimum absolute atomic E-state index is 0.0206. The van der Waals surface area contributed by atoms with Crippen molar-refractivity contribution in [3.63, 3.8) is 0 Å². The fourth-order valence-electron chi connectivity index (χ4n) is 1.63. The van der Waals surface area contributed by atoms with Gasteiger partial charge >= 0.3 is 5.97 Å². The molecule has 0 aliphatic heterocycles. The van der Waals surface area contributed by atoms with Crippen LogP contribution < -0.4 is 0 Å². The second kappa shape index (κ2) is 6.39. The number of hydrogen-bond acceptors (Lipinski definition) is 2. The van der Waals surface area contributed by atoms with E-state index in [4.69, 9.17) is 5.11 Å². The first kappa shape index (κ1) is 14.5. The van der Waals surface area contributed by atoms with Crippen molar-refractivity contribution in [2.75, 3.05) is 0 Å². The highest BCUT2D eigenvalue weighted by molar-refractivity contribution is 5.66. The molecule has 6 heteroatoms. The summed E-state index contributed by atoms with van der Waals surface area (Å²) in [6.45, 7) is 0. The molecule has 2 N–H and O–H groups in total. The van der Waals surface area contributed by atoms with Crippen molar-refractivity contribution in [1.82, 2.24) is 0 Å². The molecule has 1 atom stereocenters. The molecule has 0 aliphatic rings. The zero-order chi connectivity index (χ0) is 13.7. The summed E-state index contributed by atoms with van der Waals surface area (Å²) in [7, 11) is 0. The quantitative estimate of drug-likeness (QED) is 0.775. The molecule has 1 aromatic rings. The Morgan fingerprint density at radius 1 is 1.17 bits per heavy atom. The highest BCUT2D eigenvalue weighted by Gasteiger charge is 2.19. The molecule has 1 rings (SSSR count). The molecule has 0 saturated carbocycles. The fraction of sp³-hybridized carbons (Fsp3) is 0.417. The Bertz CT molecular complexity index is 412. The van der Waals surface area contributed by atoms with Crippen molar-refractivity contribution in [1.29, 1.82) is 0 Å². The molecule has 0 spiro atoms. The Labute approximate surface area is 102 Å². The predicted molar refractivity (Wildman–Crippen MR) is 57.4 cm³/mol. The van der Waals surface area contributed by atoms with E-state index in [-0.39, 0.29) is 12.8 Å². The van der Waals surface area contributed by atoms with Crippen molar-refractivity contribution < 1.29 is 28.2 Å². The van der Waals surface area contributed by atoms with Crippen molar-refractivity contribution >= 4 is 5.97 Å². The normalized spacial score (nSPS) is 12.4. The molecule has 0 bridgehead atoms. The average molecular weight is 262 g/mol. The van der Waals surface area contributed by atoms with E-state index in [0.717, 1.165) is 0 Å². The van der Waals surface area contributed by atoms with Gasteiger partial charge in [-0.1, -0.05) is 0 Å². The first-order valence-electron chi connectivity index (χ1n) is 5.46. The van der Waals surface area contributed by atoms with E-state index in [9.17, 15) is 23.1 Å². The van der Waals surface area contributed by atoms with Crippen LogP contribution >= 0.6 is 0 Å². The molecular formula is C12H13F3O3. The third-order valence-electron chi connectivity index (χ3n) is 2.50. The van der Waals surface area contributed by atoms with E-state index in [0.29, 0.717) is 25.0 Å². The van der Waals surface area contributed by atoms with E-state index < -0.39 is 35.1 Å².